The second-order valence-electron chi connectivity index (χ2n) is 17.3. The summed E-state index contributed by atoms with van der Waals surface area (Å²) in [4.78, 5) is 38.5. The minimum Gasteiger partial charge on any atom is -0.493 e. The summed E-state index contributed by atoms with van der Waals surface area (Å²) < 4.78 is 8.82. The van der Waals surface area contributed by atoms with Gasteiger partial charge >= 0.3 is 0 Å². The van der Waals surface area contributed by atoms with Crippen molar-refractivity contribution in [3.05, 3.63) is 167 Å². The molecule has 2 aromatic heterocycles. The molecule has 3 aliphatic rings. The third-order valence-corrected chi connectivity index (χ3v) is 13.2. The van der Waals surface area contributed by atoms with E-state index in [4.69, 9.17) is 27.9 Å². The molecule has 0 bridgehead atoms. The predicted octanol–water partition coefficient (Wildman–Crippen LogP) is 10.2. The third kappa shape index (κ3) is 9.95. The number of ether oxygens (including phenoxy) is 1. The van der Waals surface area contributed by atoms with Crippen LogP contribution in [0.3, 0.4) is 0 Å². The Morgan fingerprint density at radius 1 is 0.597 bits per heavy atom. The first kappa shape index (κ1) is 43.3. The average Bonchev–Trinajstić information content (AvgIpc) is 3.70. The van der Waals surface area contributed by atoms with E-state index in [2.05, 4.69) is 75.2 Å². The third-order valence-electron chi connectivity index (χ3n) is 12.6. The van der Waals surface area contributed by atoms with Gasteiger partial charge in [0.15, 0.2) is 0 Å². The first-order valence-corrected chi connectivity index (χ1v) is 22.7. The van der Waals surface area contributed by atoms with Crippen molar-refractivity contribution in [3.8, 4) is 17.1 Å². The fraction of sp³-hybridized carbons (Fsp3) is 0.373. The van der Waals surface area contributed by atoms with Gasteiger partial charge < -0.3 is 14.5 Å². The average molecular weight is 872 g/mol. The minimum absolute atomic E-state index is 0.0854. The summed E-state index contributed by atoms with van der Waals surface area (Å²) in [5.41, 5.74) is 10.4. The van der Waals surface area contributed by atoms with Crippen molar-refractivity contribution in [1.82, 2.24) is 19.1 Å². The van der Waals surface area contributed by atoms with Crippen LogP contribution in [0.15, 0.2) is 101 Å². The van der Waals surface area contributed by atoms with Crippen molar-refractivity contribution in [2.75, 3.05) is 42.6 Å². The second-order valence-corrected chi connectivity index (χ2v) is 18.1. The lowest BCUT2D eigenvalue weighted by molar-refractivity contribution is 0.356. The molecular weight excluding hydrogens is 816 g/mol. The molecule has 0 N–H and O–H groups in total. The number of hydrogen-bond acceptors (Lipinski definition) is 7. The molecule has 9 nitrogen and oxygen atoms in total. The summed E-state index contributed by atoms with van der Waals surface area (Å²) in [6, 6.07) is 30.5. The van der Waals surface area contributed by atoms with Gasteiger partial charge in [0, 0.05) is 61.8 Å². The maximum atomic E-state index is 12.5. The molecule has 0 unspecified atom stereocenters. The highest BCUT2D eigenvalue weighted by molar-refractivity contribution is 6.33. The van der Waals surface area contributed by atoms with Crippen LogP contribution in [0.25, 0.3) is 11.4 Å². The normalized spacial score (nSPS) is 15.5. The van der Waals surface area contributed by atoms with Gasteiger partial charge in [-0.3, -0.25) is 18.7 Å². The second kappa shape index (κ2) is 18.9. The van der Waals surface area contributed by atoms with Gasteiger partial charge in [0.1, 0.15) is 17.4 Å². The van der Waals surface area contributed by atoms with E-state index < -0.39 is 0 Å². The molecule has 62 heavy (non-hydrogen) atoms. The van der Waals surface area contributed by atoms with E-state index in [1.165, 1.54) is 41.2 Å². The van der Waals surface area contributed by atoms with Crippen molar-refractivity contribution >= 4 is 34.6 Å². The lowest BCUT2D eigenvalue weighted by Gasteiger charge is -2.34. The predicted molar refractivity (Wildman–Crippen MR) is 253 cm³/mol. The molecule has 6 aromatic rings. The maximum Gasteiger partial charge on any atom is 0.258 e. The lowest BCUT2D eigenvalue weighted by Crippen LogP contribution is -2.34. The van der Waals surface area contributed by atoms with Crippen LogP contribution in [0.2, 0.25) is 10.0 Å². The summed E-state index contributed by atoms with van der Waals surface area (Å²) in [6.07, 6.45) is 7.94. The molecule has 0 aliphatic carbocycles. The van der Waals surface area contributed by atoms with Gasteiger partial charge in [0.25, 0.3) is 11.1 Å². The zero-order valence-electron chi connectivity index (χ0n) is 36.5. The number of hydrogen-bond donors (Lipinski definition) is 0. The Labute approximate surface area is 375 Å². The van der Waals surface area contributed by atoms with Crippen molar-refractivity contribution in [1.29, 1.82) is 0 Å². The van der Waals surface area contributed by atoms with Gasteiger partial charge in [-0.2, -0.15) is 0 Å². The number of rotatable bonds is 8. The molecule has 2 fully saturated rings. The highest BCUT2D eigenvalue weighted by atomic mass is 35.5. The minimum atomic E-state index is -0.105. The van der Waals surface area contributed by atoms with Crippen LogP contribution in [0.1, 0.15) is 71.0 Å². The van der Waals surface area contributed by atoms with Gasteiger partial charge in [-0.25, -0.2) is 9.97 Å². The summed E-state index contributed by atoms with van der Waals surface area (Å²) >= 11 is 13.3. The number of anilines is 2. The molecule has 322 valence electrons. The van der Waals surface area contributed by atoms with E-state index in [-0.39, 0.29) is 11.1 Å². The first-order valence-electron chi connectivity index (χ1n) is 21.9. The van der Waals surface area contributed by atoms with Crippen LogP contribution < -0.4 is 25.7 Å². The van der Waals surface area contributed by atoms with Crippen LogP contribution >= 0.6 is 23.2 Å². The van der Waals surface area contributed by atoms with Crippen molar-refractivity contribution < 1.29 is 4.74 Å². The van der Waals surface area contributed by atoms with E-state index in [1.54, 1.807) is 15.2 Å². The maximum absolute atomic E-state index is 12.5. The smallest absolute Gasteiger partial charge is 0.258 e. The van der Waals surface area contributed by atoms with Crippen LogP contribution in [0.4, 0.5) is 11.4 Å². The molecular formula is C51H56Cl2N6O3. The van der Waals surface area contributed by atoms with Gasteiger partial charge in [-0.05, 0) is 144 Å². The quantitative estimate of drug-likeness (QED) is 0.151. The SMILES string of the molecule is Cc1cc(=O)n(-c2ccc(N3CCC(Cc4ccc5c(c4)CCO5)CC3)c(Cl)c2)c(C)n1.Cc1cccc(CC2CCN(c3ccc(-n4c(C)nc(C)cc4=O)c(Cl)c3)CC2)c1. The number of aryl methyl sites for hydroxylation is 5. The molecule has 3 aliphatic heterocycles. The summed E-state index contributed by atoms with van der Waals surface area (Å²) in [7, 11) is 0. The molecule has 0 atom stereocenters. The van der Waals surface area contributed by atoms with Crippen LogP contribution in [-0.4, -0.2) is 51.9 Å². The van der Waals surface area contributed by atoms with Crippen LogP contribution in [0.5, 0.6) is 5.75 Å². The topological polar surface area (TPSA) is 85.5 Å². The summed E-state index contributed by atoms with van der Waals surface area (Å²) in [5.74, 6) is 3.77. The number of halogens is 2. The van der Waals surface area contributed by atoms with Crippen molar-refractivity contribution in [3.63, 3.8) is 0 Å². The number of piperidine rings is 2. The summed E-state index contributed by atoms with van der Waals surface area (Å²) in [5, 5.41) is 1.25. The molecule has 4 aromatic carbocycles. The Balaban J connectivity index is 0.000000171. The Kier molecular flexibility index (Phi) is 13.2. The molecule has 0 radical (unpaired) electrons. The van der Waals surface area contributed by atoms with Crippen LogP contribution in [-0.2, 0) is 19.3 Å². The monoisotopic (exact) mass is 870 g/mol. The highest BCUT2D eigenvalue weighted by Crippen LogP contribution is 2.34. The zero-order chi connectivity index (χ0) is 43.5. The zero-order valence-corrected chi connectivity index (χ0v) is 38.0. The Morgan fingerprint density at radius 3 is 1.77 bits per heavy atom. The number of aromatic nitrogens is 4. The number of fused-ring (bicyclic) bond motifs is 1. The van der Waals surface area contributed by atoms with E-state index >= 15 is 0 Å². The van der Waals surface area contributed by atoms with Gasteiger partial charge in [0.05, 0.1) is 33.7 Å². The fourth-order valence-electron chi connectivity index (χ4n) is 9.50. The molecule has 2 saturated heterocycles. The highest BCUT2D eigenvalue weighted by Gasteiger charge is 2.24. The molecule has 5 heterocycles. The van der Waals surface area contributed by atoms with Crippen molar-refractivity contribution in [2.45, 2.75) is 79.6 Å². The largest absolute Gasteiger partial charge is 0.493 e. The molecule has 0 spiro atoms. The molecule has 0 amide bonds. The lowest BCUT2D eigenvalue weighted by atomic mass is 9.89. The Bertz CT molecular complexity index is 2690. The van der Waals surface area contributed by atoms with E-state index in [1.807, 2.05) is 58.0 Å². The van der Waals surface area contributed by atoms with E-state index in [0.29, 0.717) is 33.3 Å². The standard InChI is InChI=1S/C26H28ClN3O2.C25H28ClN3O/c1-17-13-26(31)30(18(2)28-17)22-4-5-24(23(27)16-22)29-10-7-19(8-11-29)14-20-3-6-25-21(15-20)9-12-32-25;1-17-5-4-6-21(13-17)15-20-9-11-28(12-10-20)22-7-8-24(23(26)16-22)29-19(3)27-18(2)14-25(29)30/h3-6,13,15-16,19H,7-12,14H2,1-2H3;4-8,13-14,16,20H,9-12,15H2,1-3H3. The van der Waals surface area contributed by atoms with E-state index in [0.717, 1.165) is 105 Å². The number of benzene rings is 4. The van der Waals surface area contributed by atoms with Gasteiger partial charge in [0.2, 0.25) is 0 Å². The fourth-order valence-corrected chi connectivity index (χ4v) is 10.1. The Hall–Kier alpha value is -5.38. The van der Waals surface area contributed by atoms with Gasteiger partial charge in [-0.15, -0.1) is 0 Å². The van der Waals surface area contributed by atoms with Crippen LogP contribution in [0, 0.1) is 46.5 Å². The van der Waals surface area contributed by atoms with Gasteiger partial charge in [-0.1, -0.05) is 65.2 Å². The van der Waals surface area contributed by atoms with E-state index in [9.17, 15) is 9.59 Å². The molecule has 9 rings (SSSR count). The van der Waals surface area contributed by atoms with Crippen molar-refractivity contribution in [2.24, 2.45) is 11.8 Å². The first-order chi connectivity index (χ1) is 29.9. The summed E-state index contributed by atoms with van der Waals surface area (Å²) in [6.45, 7) is 14.3. The molecule has 0 saturated carbocycles. The Morgan fingerprint density at radius 2 is 1.16 bits per heavy atom. The number of nitrogens with zero attached hydrogens (tertiary/aromatic N) is 6. The molecule has 11 heteroatoms.